The molecule has 0 saturated carbocycles. The lowest BCUT2D eigenvalue weighted by molar-refractivity contribution is -0.138. The summed E-state index contributed by atoms with van der Waals surface area (Å²) >= 11 is 0. The predicted molar refractivity (Wildman–Crippen MR) is 92.6 cm³/mol. The maximum atomic E-state index is 13.4. The summed E-state index contributed by atoms with van der Waals surface area (Å²) in [5.41, 5.74) is 0.314. The summed E-state index contributed by atoms with van der Waals surface area (Å²) in [7, 11) is 0. The Hall–Kier alpha value is -2.28. The second-order valence-corrected chi connectivity index (χ2v) is 6.85. The highest BCUT2D eigenvalue weighted by Crippen LogP contribution is 2.37. The Labute approximate surface area is 149 Å². The fourth-order valence-electron chi connectivity index (χ4n) is 2.99. The Kier molecular flexibility index (Phi) is 5.09. The molecule has 4 nitrogen and oxygen atoms in total. The molecule has 138 valence electrons. The van der Waals surface area contributed by atoms with Gasteiger partial charge >= 0.3 is 6.18 Å². The molecule has 0 aliphatic carbocycles. The van der Waals surface area contributed by atoms with Crippen LogP contribution >= 0.6 is 0 Å². The number of rotatable bonds is 6. The van der Waals surface area contributed by atoms with Crippen molar-refractivity contribution in [1.82, 2.24) is 9.97 Å². The van der Waals surface area contributed by atoms with Crippen LogP contribution in [0.3, 0.4) is 0 Å². The van der Waals surface area contributed by atoms with Crippen molar-refractivity contribution < 1.29 is 18.3 Å². The number of pyridine rings is 2. The number of aliphatic hydroxyl groups excluding tert-OH is 1. The molecule has 0 amide bonds. The van der Waals surface area contributed by atoms with Crippen LogP contribution in [-0.4, -0.2) is 26.9 Å². The van der Waals surface area contributed by atoms with Gasteiger partial charge in [0.2, 0.25) is 0 Å². The Morgan fingerprint density at radius 1 is 1.15 bits per heavy atom. The van der Waals surface area contributed by atoms with Gasteiger partial charge in [0, 0.05) is 17.5 Å². The fraction of sp³-hybridized carbons (Fsp3) is 0.421. The van der Waals surface area contributed by atoms with Crippen molar-refractivity contribution in [1.29, 1.82) is 0 Å². The minimum atomic E-state index is -4.52. The van der Waals surface area contributed by atoms with Crippen LogP contribution < -0.4 is 0 Å². The number of aliphatic imine (C=N–C) groups is 1. The summed E-state index contributed by atoms with van der Waals surface area (Å²) in [5.74, 6) is 0.782. The van der Waals surface area contributed by atoms with Crippen LogP contribution in [0, 0.1) is 5.92 Å². The molecular weight excluding hydrogens is 343 g/mol. The van der Waals surface area contributed by atoms with E-state index in [2.05, 4.69) is 15.0 Å². The standard InChI is InChI=1S/C19H20F3N3O/c1-11(2)10-13(26)7-5-12-6-8-15(19(20,21)22)17(24-12)16-14-4-3-9-23-18(14)25-16/h3-4,6,8-9,11,13,26H,5,7,10H2,1-2H3. The maximum Gasteiger partial charge on any atom is 0.418 e. The first kappa shape index (κ1) is 18.5. The summed E-state index contributed by atoms with van der Waals surface area (Å²) in [6, 6.07) is 5.76. The number of aliphatic hydroxyl groups is 1. The van der Waals surface area contributed by atoms with Gasteiger partial charge in [-0.1, -0.05) is 13.8 Å². The summed E-state index contributed by atoms with van der Waals surface area (Å²) in [4.78, 5) is 12.3. The molecule has 3 heterocycles. The topological polar surface area (TPSA) is 58.4 Å². The van der Waals surface area contributed by atoms with Crippen molar-refractivity contribution in [3.8, 4) is 0 Å². The smallest absolute Gasteiger partial charge is 0.393 e. The molecular formula is C19H20F3N3O. The number of aromatic nitrogens is 2. The van der Waals surface area contributed by atoms with Crippen molar-refractivity contribution in [2.45, 2.75) is 45.4 Å². The van der Waals surface area contributed by atoms with Gasteiger partial charge in [0.25, 0.3) is 0 Å². The average molecular weight is 363 g/mol. The molecule has 2 aromatic heterocycles. The Balaban J connectivity index is 1.87. The normalized spacial score (nSPS) is 14.7. The van der Waals surface area contributed by atoms with Crippen molar-refractivity contribution in [2.75, 3.05) is 0 Å². The van der Waals surface area contributed by atoms with Crippen molar-refractivity contribution in [2.24, 2.45) is 10.9 Å². The van der Waals surface area contributed by atoms with Crippen LogP contribution in [0.25, 0.3) is 0 Å². The summed E-state index contributed by atoms with van der Waals surface area (Å²) in [5, 5.41) is 9.99. The second kappa shape index (κ2) is 7.15. The third-order valence-electron chi connectivity index (χ3n) is 4.22. The molecule has 3 rings (SSSR count). The molecule has 2 aromatic rings. The van der Waals surface area contributed by atoms with Gasteiger partial charge in [-0.25, -0.2) is 9.98 Å². The van der Waals surface area contributed by atoms with Gasteiger partial charge < -0.3 is 5.11 Å². The second-order valence-electron chi connectivity index (χ2n) is 6.85. The van der Waals surface area contributed by atoms with E-state index < -0.39 is 17.8 Å². The quantitative estimate of drug-likeness (QED) is 0.710. The first-order chi connectivity index (χ1) is 12.3. The molecule has 1 aliphatic heterocycles. The highest BCUT2D eigenvalue weighted by atomic mass is 19.4. The maximum absolute atomic E-state index is 13.4. The molecule has 0 bridgehead atoms. The summed E-state index contributed by atoms with van der Waals surface area (Å²) in [6.07, 6.45) is -1.94. The molecule has 1 N–H and O–H groups in total. The lowest BCUT2D eigenvalue weighted by atomic mass is 9.97. The third kappa shape index (κ3) is 3.93. The largest absolute Gasteiger partial charge is 0.418 e. The van der Waals surface area contributed by atoms with E-state index >= 15 is 0 Å². The van der Waals surface area contributed by atoms with Crippen LogP contribution in [0.1, 0.15) is 49.2 Å². The Morgan fingerprint density at radius 3 is 2.58 bits per heavy atom. The molecule has 0 aromatic carbocycles. The number of aryl methyl sites for hydroxylation is 1. The number of fused-ring (bicyclic) bond motifs is 1. The Morgan fingerprint density at radius 2 is 1.92 bits per heavy atom. The highest BCUT2D eigenvalue weighted by Gasteiger charge is 2.37. The highest BCUT2D eigenvalue weighted by molar-refractivity contribution is 6.21. The first-order valence-electron chi connectivity index (χ1n) is 8.55. The van der Waals surface area contributed by atoms with E-state index in [1.165, 1.54) is 6.07 Å². The van der Waals surface area contributed by atoms with E-state index in [0.717, 1.165) is 6.07 Å². The minimum absolute atomic E-state index is 0.172. The first-order valence-corrected chi connectivity index (χ1v) is 8.55. The van der Waals surface area contributed by atoms with E-state index in [-0.39, 0.29) is 11.4 Å². The molecule has 26 heavy (non-hydrogen) atoms. The molecule has 0 saturated heterocycles. The van der Waals surface area contributed by atoms with E-state index in [9.17, 15) is 18.3 Å². The van der Waals surface area contributed by atoms with Gasteiger partial charge in [0.1, 0.15) is 11.4 Å². The zero-order chi connectivity index (χ0) is 18.9. The van der Waals surface area contributed by atoms with Gasteiger partial charge in [0.15, 0.2) is 5.82 Å². The lowest BCUT2D eigenvalue weighted by Gasteiger charge is -2.21. The van der Waals surface area contributed by atoms with E-state index in [0.29, 0.717) is 42.3 Å². The lowest BCUT2D eigenvalue weighted by Crippen LogP contribution is -2.21. The summed E-state index contributed by atoms with van der Waals surface area (Å²) < 4.78 is 40.2. The fourth-order valence-corrected chi connectivity index (χ4v) is 2.99. The van der Waals surface area contributed by atoms with Crippen LogP contribution in [-0.2, 0) is 12.6 Å². The number of hydrogen-bond acceptors (Lipinski definition) is 4. The zero-order valence-corrected chi connectivity index (χ0v) is 14.6. The average Bonchev–Trinajstić information content (AvgIpc) is 2.52. The molecule has 1 atom stereocenters. The zero-order valence-electron chi connectivity index (χ0n) is 14.6. The third-order valence-corrected chi connectivity index (χ3v) is 4.22. The van der Waals surface area contributed by atoms with E-state index in [4.69, 9.17) is 0 Å². The van der Waals surface area contributed by atoms with E-state index in [1.807, 2.05) is 13.8 Å². The van der Waals surface area contributed by atoms with Crippen LogP contribution in [0.4, 0.5) is 19.0 Å². The van der Waals surface area contributed by atoms with E-state index in [1.54, 1.807) is 18.3 Å². The van der Waals surface area contributed by atoms with Crippen LogP contribution in [0.5, 0.6) is 0 Å². The molecule has 0 spiro atoms. The van der Waals surface area contributed by atoms with Gasteiger partial charge in [0.05, 0.1) is 11.7 Å². The summed E-state index contributed by atoms with van der Waals surface area (Å²) in [6.45, 7) is 4.02. The predicted octanol–water partition coefficient (Wildman–Crippen LogP) is 4.32. The minimum Gasteiger partial charge on any atom is -0.393 e. The number of alkyl halides is 3. The van der Waals surface area contributed by atoms with Crippen molar-refractivity contribution in [3.05, 3.63) is 53.0 Å². The number of nitrogens with zero attached hydrogens (tertiary/aromatic N) is 3. The van der Waals surface area contributed by atoms with Gasteiger partial charge in [-0.3, -0.25) is 4.98 Å². The molecule has 1 unspecified atom stereocenters. The molecule has 7 heteroatoms. The monoisotopic (exact) mass is 363 g/mol. The van der Waals surface area contributed by atoms with Gasteiger partial charge in [-0.15, -0.1) is 0 Å². The van der Waals surface area contributed by atoms with Crippen LogP contribution in [0.15, 0.2) is 35.5 Å². The molecule has 0 fully saturated rings. The Bertz CT molecular complexity index is 831. The number of halogens is 3. The van der Waals surface area contributed by atoms with Crippen LogP contribution in [0.2, 0.25) is 0 Å². The SMILES string of the molecule is CC(C)CC(O)CCc1ccc(C(F)(F)F)c(C2=Nc3ncccc32)n1. The molecule has 1 aliphatic rings. The van der Waals surface area contributed by atoms with Gasteiger partial charge in [-0.2, -0.15) is 13.2 Å². The van der Waals surface area contributed by atoms with Crippen molar-refractivity contribution >= 4 is 11.5 Å². The van der Waals surface area contributed by atoms with Gasteiger partial charge in [-0.05, 0) is 49.4 Å². The van der Waals surface area contributed by atoms with Crippen molar-refractivity contribution in [3.63, 3.8) is 0 Å². The number of hydrogen-bond donors (Lipinski definition) is 1. The molecule has 0 radical (unpaired) electrons.